The van der Waals surface area contributed by atoms with Crippen LogP contribution in [0.3, 0.4) is 0 Å². The maximum Gasteiger partial charge on any atom is 0.187 e. The molecule has 0 saturated carbocycles. The molecule has 0 aromatic carbocycles. The van der Waals surface area contributed by atoms with Gasteiger partial charge in [-0.05, 0) is 39.3 Å². The lowest BCUT2D eigenvalue weighted by Crippen LogP contribution is -2.20. The Kier molecular flexibility index (Phi) is 7.96. The number of nitrogens with zero attached hydrogens (tertiary/aromatic N) is 2. The molecule has 0 aliphatic carbocycles. The maximum absolute atomic E-state index is 5.46. The summed E-state index contributed by atoms with van der Waals surface area (Å²) in [6.45, 7) is 8.93. The first-order chi connectivity index (χ1) is 8.68. The van der Waals surface area contributed by atoms with E-state index in [9.17, 15) is 0 Å². The van der Waals surface area contributed by atoms with Gasteiger partial charge in [0.1, 0.15) is 0 Å². The van der Waals surface area contributed by atoms with Gasteiger partial charge in [-0.25, -0.2) is 9.97 Å². The minimum atomic E-state index is 0.333. The van der Waals surface area contributed by atoms with E-state index in [0.717, 1.165) is 42.6 Å². The molecule has 0 aliphatic heterocycles. The molecule has 102 valence electrons. The first-order valence-electron chi connectivity index (χ1n) is 6.42. The van der Waals surface area contributed by atoms with E-state index in [1.54, 1.807) is 11.8 Å². The maximum atomic E-state index is 5.46. The van der Waals surface area contributed by atoms with E-state index >= 15 is 0 Å². The second kappa shape index (κ2) is 9.30. The van der Waals surface area contributed by atoms with Gasteiger partial charge in [-0.15, -0.1) is 0 Å². The van der Waals surface area contributed by atoms with Crippen molar-refractivity contribution >= 4 is 11.8 Å². The monoisotopic (exact) mass is 269 g/mol. The molecule has 0 fully saturated rings. The number of ether oxygens (including phenoxy) is 1. The molecule has 0 amide bonds. The lowest BCUT2D eigenvalue weighted by atomic mass is 10.4. The van der Waals surface area contributed by atoms with Crippen molar-refractivity contribution in [2.75, 3.05) is 25.4 Å². The second-order valence-corrected chi connectivity index (χ2v) is 5.48. The van der Waals surface area contributed by atoms with Gasteiger partial charge in [0.25, 0.3) is 0 Å². The number of hydrogen-bond donors (Lipinski definition) is 1. The molecule has 0 spiro atoms. The van der Waals surface area contributed by atoms with Gasteiger partial charge in [0.15, 0.2) is 5.16 Å². The molecule has 18 heavy (non-hydrogen) atoms. The van der Waals surface area contributed by atoms with Gasteiger partial charge in [-0.2, -0.15) is 0 Å². The van der Waals surface area contributed by atoms with Crippen molar-refractivity contribution in [1.29, 1.82) is 0 Å². The first-order valence-corrected chi connectivity index (χ1v) is 7.41. The summed E-state index contributed by atoms with van der Waals surface area (Å²) in [5.74, 6) is 0.994. The molecule has 5 heteroatoms. The Bertz CT molecular complexity index is 317. The molecule has 1 heterocycles. The molecule has 1 aromatic rings. The van der Waals surface area contributed by atoms with Crippen molar-refractivity contribution in [1.82, 2.24) is 15.3 Å². The van der Waals surface area contributed by atoms with Crippen LogP contribution in [0, 0.1) is 6.92 Å². The molecular formula is C13H23N3OS. The Hall–Kier alpha value is -0.650. The number of aryl methyl sites for hydroxylation is 1. The predicted octanol–water partition coefficient (Wildman–Crippen LogP) is 2.28. The lowest BCUT2D eigenvalue weighted by Gasteiger charge is -2.07. The summed E-state index contributed by atoms with van der Waals surface area (Å²) in [7, 11) is 0. The summed E-state index contributed by atoms with van der Waals surface area (Å²) in [4.78, 5) is 8.50. The third-order valence-corrected chi connectivity index (χ3v) is 3.09. The number of nitrogens with one attached hydrogen (secondary N) is 1. The van der Waals surface area contributed by atoms with Crippen LogP contribution in [-0.4, -0.2) is 41.5 Å². The van der Waals surface area contributed by atoms with E-state index in [0.29, 0.717) is 6.10 Å². The molecule has 1 N–H and O–H groups in total. The highest BCUT2D eigenvalue weighted by Gasteiger charge is 1.97. The topological polar surface area (TPSA) is 47.0 Å². The van der Waals surface area contributed by atoms with Crippen LogP contribution in [-0.2, 0) is 4.74 Å². The van der Waals surface area contributed by atoms with Crippen LogP contribution in [0.15, 0.2) is 17.6 Å². The van der Waals surface area contributed by atoms with E-state index in [1.165, 1.54) is 0 Å². The number of aromatic nitrogens is 2. The van der Waals surface area contributed by atoms with Crippen molar-refractivity contribution in [3.63, 3.8) is 0 Å². The molecule has 0 atom stereocenters. The lowest BCUT2D eigenvalue weighted by molar-refractivity contribution is 0.0772. The third kappa shape index (κ3) is 7.63. The van der Waals surface area contributed by atoms with Crippen LogP contribution in [0.4, 0.5) is 0 Å². The molecule has 0 radical (unpaired) electrons. The molecule has 1 aromatic heterocycles. The molecule has 4 nitrogen and oxygen atoms in total. The molecule has 0 aliphatic rings. The summed E-state index contributed by atoms with van der Waals surface area (Å²) < 4.78 is 5.46. The average Bonchev–Trinajstić information content (AvgIpc) is 2.34. The van der Waals surface area contributed by atoms with Crippen LogP contribution >= 0.6 is 11.8 Å². The van der Waals surface area contributed by atoms with Gasteiger partial charge < -0.3 is 10.1 Å². The van der Waals surface area contributed by atoms with Gasteiger partial charge in [0.05, 0.1) is 6.10 Å². The molecule has 0 bridgehead atoms. The molecule has 1 rings (SSSR count). The quantitative estimate of drug-likeness (QED) is 0.423. The second-order valence-electron chi connectivity index (χ2n) is 4.41. The van der Waals surface area contributed by atoms with Crippen molar-refractivity contribution in [2.24, 2.45) is 0 Å². The normalized spacial score (nSPS) is 11.1. The van der Waals surface area contributed by atoms with E-state index in [4.69, 9.17) is 4.74 Å². The first kappa shape index (κ1) is 15.4. The zero-order chi connectivity index (χ0) is 13.2. The highest BCUT2D eigenvalue weighted by Crippen LogP contribution is 2.10. The minimum Gasteiger partial charge on any atom is -0.379 e. The van der Waals surface area contributed by atoms with Crippen molar-refractivity contribution in [3.05, 3.63) is 18.0 Å². The van der Waals surface area contributed by atoms with E-state index in [2.05, 4.69) is 29.1 Å². The summed E-state index contributed by atoms with van der Waals surface area (Å²) in [5, 5.41) is 4.24. The van der Waals surface area contributed by atoms with Gasteiger partial charge in [0.2, 0.25) is 0 Å². The van der Waals surface area contributed by atoms with Crippen LogP contribution < -0.4 is 5.32 Å². The number of rotatable bonds is 9. The standard InChI is InChI=1S/C13H23N3OS/c1-11(2)17-7-4-5-14-6-8-18-13-15-9-12(3)10-16-13/h9-11,14H,4-8H2,1-3H3. The SMILES string of the molecule is Cc1cnc(SCCNCCCOC(C)C)nc1. The Morgan fingerprint density at radius 1 is 1.28 bits per heavy atom. The fourth-order valence-electron chi connectivity index (χ4n) is 1.31. The summed E-state index contributed by atoms with van der Waals surface area (Å²) >= 11 is 1.68. The smallest absolute Gasteiger partial charge is 0.187 e. The van der Waals surface area contributed by atoms with Crippen LogP contribution in [0.2, 0.25) is 0 Å². The van der Waals surface area contributed by atoms with Gasteiger partial charge in [0, 0.05) is 31.3 Å². The van der Waals surface area contributed by atoms with Gasteiger partial charge in [-0.1, -0.05) is 11.8 Å². The molecule has 0 unspecified atom stereocenters. The Balaban J connectivity index is 1.94. The zero-order valence-electron chi connectivity index (χ0n) is 11.5. The summed E-state index contributed by atoms with van der Waals surface area (Å²) in [5.41, 5.74) is 1.10. The van der Waals surface area contributed by atoms with E-state index < -0.39 is 0 Å². The average molecular weight is 269 g/mol. The molecular weight excluding hydrogens is 246 g/mol. The summed E-state index contributed by atoms with van der Waals surface area (Å²) in [6, 6.07) is 0. The van der Waals surface area contributed by atoms with E-state index in [-0.39, 0.29) is 0 Å². The Labute approximate surface area is 114 Å². The van der Waals surface area contributed by atoms with Crippen molar-refractivity contribution < 1.29 is 4.74 Å². The third-order valence-electron chi connectivity index (χ3n) is 2.22. The van der Waals surface area contributed by atoms with Crippen molar-refractivity contribution in [2.45, 2.75) is 38.5 Å². The largest absolute Gasteiger partial charge is 0.379 e. The van der Waals surface area contributed by atoms with Gasteiger partial charge in [-0.3, -0.25) is 0 Å². The van der Waals surface area contributed by atoms with Gasteiger partial charge >= 0.3 is 0 Å². The Morgan fingerprint density at radius 3 is 2.67 bits per heavy atom. The molecule has 0 saturated heterocycles. The van der Waals surface area contributed by atoms with E-state index in [1.807, 2.05) is 19.3 Å². The van der Waals surface area contributed by atoms with Crippen LogP contribution in [0.1, 0.15) is 25.8 Å². The van der Waals surface area contributed by atoms with Crippen LogP contribution in [0.5, 0.6) is 0 Å². The highest BCUT2D eigenvalue weighted by molar-refractivity contribution is 7.99. The number of thioether (sulfide) groups is 1. The fourth-order valence-corrected chi connectivity index (χ4v) is 1.99. The number of hydrogen-bond acceptors (Lipinski definition) is 5. The highest BCUT2D eigenvalue weighted by atomic mass is 32.2. The van der Waals surface area contributed by atoms with Crippen LogP contribution in [0.25, 0.3) is 0 Å². The predicted molar refractivity (Wildman–Crippen MR) is 76.1 cm³/mol. The summed E-state index contributed by atoms with van der Waals surface area (Å²) in [6.07, 6.45) is 5.10. The zero-order valence-corrected chi connectivity index (χ0v) is 12.3. The fraction of sp³-hybridized carbons (Fsp3) is 0.692. The minimum absolute atomic E-state index is 0.333. The Morgan fingerprint density at radius 2 is 2.00 bits per heavy atom. The van der Waals surface area contributed by atoms with Crippen molar-refractivity contribution in [3.8, 4) is 0 Å².